The Labute approximate surface area is 182 Å². The summed E-state index contributed by atoms with van der Waals surface area (Å²) in [5.41, 5.74) is 1.42. The van der Waals surface area contributed by atoms with Gasteiger partial charge >= 0.3 is 0 Å². The molecule has 11 heteroatoms. The number of nitro benzene ring substituents is 1. The molecule has 162 valence electrons. The highest BCUT2D eigenvalue weighted by Crippen LogP contribution is 2.29. The summed E-state index contributed by atoms with van der Waals surface area (Å²) in [7, 11) is 1.56. The van der Waals surface area contributed by atoms with E-state index in [0.29, 0.717) is 50.6 Å². The van der Waals surface area contributed by atoms with Gasteiger partial charge in [-0.3, -0.25) is 14.9 Å². The standard InChI is InChI=1S/C20H22N6O4S/c1-30-12-7-21-15-5-4-14(13-17(15)26(28)29)19(27)24-8-10-25(11-9-24)20-23-16-3-2-6-22-18(16)31-20/h2-6,13,21H,7-12H2,1H3. The molecule has 0 unspecified atom stereocenters. The number of fused-ring (bicyclic) bond motifs is 1. The van der Waals surface area contributed by atoms with Gasteiger partial charge in [0.25, 0.3) is 11.6 Å². The minimum Gasteiger partial charge on any atom is -0.383 e. The molecule has 3 heterocycles. The number of anilines is 2. The van der Waals surface area contributed by atoms with E-state index in [1.807, 2.05) is 12.1 Å². The predicted molar refractivity (Wildman–Crippen MR) is 119 cm³/mol. The Morgan fingerprint density at radius 2 is 2.10 bits per heavy atom. The van der Waals surface area contributed by atoms with Crippen LogP contribution in [0.25, 0.3) is 10.3 Å². The molecule has 0 saturated carbocycles. The summed E-state index contributed by atoms with van der Waals surface area (Å²) in [6.07, 6.45) is 1.75. The van der Waals surface area contributed by atoms with Gasteiger partial charge in [0.15, 0.2) is 5.13 Å². The lowest BCUT2D eigenvalue weighted by molar-refractivity contribution is -0.384. The molecule has 0 aliphatic carbocycles. The van der Waals surface area contributed by atoms with E-state index in [9.17, 15) is 14.9 Å². The minimum atomic E-state index is -0.481. The van der Waals surface area contributed by atoms with E-state index < -0.39 is 4.92 Å². The number of ether oxygens (including phenoxy) is 1. The number of nitrogens with one attached hydrogen (secondary N) is 1. The number of methoxy groups -OCH3 is 1. The number of pyridine rings is 1. The molecule has 2 aromatic heterocycles. The van der Waals surface area contributed by atoms with E-state index in [4.69, 9.17) is 4.74 Å². The summed E-state index contributed by atoms with van der Waals surface area (Å²) in [6.45, 7) is 3.18. The fraction of sp³-hybridized carbons (Fsp3) is 0.350. The van der Waals surface area contributed by atoms with Crippen molar-refractivity contribution in [3.8, 4) is 0 Å². The van der Waals surface area contributed by atoms with E-state index in [-0.39, 0.29) is 11.6 Å². The number of aromatic nitrogens is 2. The van der Waals surface area contributed by atoms with E-state index in [2.05, 4.69) is 20.2 Å². The molecule has 31 heavy (non-hydrogen) atoms. The molecule has 4 rings (SSSR count). The zero-order chi connectivity index (χ0) is 21.8. The van der Waals surface area contributed by atoms with Gasteiger partial charge in [-0.05, 0) is 24.3 Å². The van der Waals surface area contributed by atoms with Crippen LogP contribution in [0, 0.1) is 10.1 Å². The number of benzene rings is 1. The summed E-state index contributed by atoms with van der Waals surface area (Å²) in [4.78, 5) is 37.6. The van der Waals surface area contributed by atoms with Gasteiger partial charge in [-0.2, -0.15) is 0 Å². The Balaban J connectivity index is 1.43. The fourth-order valence-electron chi connectivity index (χ4n) is 3.43. The topological polar surface area (TPSA) is 114 Å². The number of nitro groups is 1. The molecule has 1 amide bonds. The summed E-state index contributed by atoms with van der Waals surface area (Å²) in [6, 6.07) is 8.33. The zero-order valence-corrected chi connectivity index (χ0v) is 17.8. The smallest absolute Gasteiger partial charge is 0.293 e. The number of hydrogen-bond acceptors (Lipinski definition) is 9. The Kier molecular flexibility index (Phi) is 6.23. The summed E-state index contributed by atoms with van der Waals surface area (Å²) < 4.78 is 4.96. The van der Waals surface area contributed by atoms with Crippen LogP contribution in [0.4, 0.5) is 16.5 Å². The van der Waals surface area contributed by atoms with Crippen molar-refractivity contribution in [3.05, 3.63) is 52.2 Å². The van der Waals surface area contributed by atoms with Gasteiger partial charge in [-0.1, -0.05) is 11.3 Å². The molecule has 1 aromatic carbocycles. The van der Waals surface area contributed by atoms with Gasteiger partial charge in [0.05, 0.1) is 11.5 Å². The molecule has 0 bridgehead atoms. The maximum Gasteiger partial charge on any atom is 0.293 e. The second kappa shape index (κ2) is 9.23. The Bertz CT molecular complexity index is 1060. The van der Waals surface area contributed by atoms with Crippen LogP contribution in [0.1, 0.15) is 10.4 Å². The van der Waals surface area contributed by atoms with E-state index in [0.717, 1.165) is 15.5 Å². The molecule has 0 atom stereocenters. The van der Waals surface area contributed by atoms with E-state index in [1.165, 1.54) is 17.4 Å². The van der Waals surface area contributed by atoms with Crippen molar-refractivity contribution in [1.82, 2.24) is 14.9 Å². The summed E-state index contributed by atoms with van der Waals surface area (Å²) in [5, 5.41) is 15.3. The number of nitrogens with zero attached hydrogens (tertiary/aromatic N) is 5. The van der Waals surface area contributed by atoms with Gasteiger partial charge < -0.3 is 19.9 Å². The Morgan fingerprint density at radius 3 is 2.81 bits per heavy atom. The quantitative estimate of drug-likeness (QED) is 0.337. The molecule has 10 nitrogen and oxygen atoms in total. The van der Waals surface area contributed by atoms with Crippen LogP contribution in [-0.4, -0.2) is 72.1 Å². The number of thiazole rings is 1. The molecule has 1 fully saturated rings. The van der Waals surface area contributed by atoms with Crippen LogP contribution in [0.2, 0.25) is 0 Å². The molecular formula is C20H22N6O4S. The normalized spacial score (nSPS) is 14.1. The van der Waals surface area contributed by atoms with Crippen molar-refractivity contribution >= 4 is 44.1 Å². The van der Waals surface area contributed by atoms with Gasteiger partial charge in [-0.15, -0.1) is 0 Å². The number of piperazine rings is 1. The van der Waals surface area contributed by atoms with Crippen molar-refractivity contribution in [2.24, 2.45) is 0 Å². The molecule has 1 N–H and O–H groups in total. The third-order valence-corrected chi connectivity index (χ3v) is 6.10. The van der Waals surface area contributed by atoms with Gasteiger partial charge in [0.1, 0.15) is 16.0 Å². The van der Waals surface area contributed by atoms with E-state index >= 15 is 0 Å². The fourth-order valence-corrected chi connectivity index (χ4v) is 4.39. The Hall–Kier alpha value is -3.31. The average molecular weight is 443 g/mol. The number of rotatable bonds is 7. The lowest BCUT2D eigenvalue weighted by Gasteiger charge is -2.34. The SMILES string of the molecule is COCCNc1ccc(C(=O)N2CCN(c3nc4cccnc4s3)CC2)cc1[N+](=O)[O-]. The Morgan fingerprint density at radius 1 is 1.29 bits per heavy atom. The molecule has 0 spiro atoms. The highest BCUT2D eigenvalue weighted by Gasteiger charge is 2.26. The first-order valence-electron chi connectivity index (χ1n) is 9.84. The maximum atomic E-state index is 13.0. The summed E-state index contributed by atoms with van der Waals surface area (Å²) in [5.74, 6) is -0.211. The predicted octanol–water partition coefficient (Wildman–Crippen LogP) is 2.62. The summed E-state index contributed by atoms with van der Waals surface area (Å²) >= 11 is 1.53. The molecule has 3 aromatic rings. The zero-order valence-electron chi connectivity index (χ0n) is 17.0. The number of carbonyl (C=O) groups excluding carboxylic acids is 1. The second-order valence-electron chi connectivity index (χ2n) is 7.01. The average Bonchev–Trinajstić information content (AvgIpc) is 3.23. The molecule has 1 aliphatic heterocycles. The number of amides is 1. The van der Waals surface area contributed by atoms with Crippen molar-refractivity contribution in [2.45, 2.75) is 0 Å². The van der Waals surface area contributed by atoms with Crippen molar-refractivity contribution in [1.29, 1.82) is 0 Å². The van der Waals surface area contributed by atoms with Crippen LogP contribution in [-0.2, 0) is 4.74 Å². The first kappa shape index (κ1) is 20.9. The molecule has 1 saturated heterocycles. The second-order valence-corrected chi connectivity index (χ2v) is 7.97. The third kappa shape index (κ3) is 4.57. The van der Waals surface area contributed by atoms with Gasteiger partial charge in [0, 0.05) is 57.7 Å². The van der Waals surface area contributed by atoms with Crippen LogP contribution in [0.3, 0.4) is 0 Å². The van der Waals surface area contributed by atoms with Crippen LogP contribution in [0.5, 0.6) is 0 Å². The van der Waals surface area contributed by atoms with Crippen LogP contribution >= 0.6 is 11.3 Å². The lowest BCUT2D eigenvalue weighted by Crippen LogP contribution is -2.48. The maximum absolute atomic E-state index is 13.0. The van der Waals surface area contributed by atoms with Gasteiger partial charge in [0.2, 0.25) is 0 Å². The highest BCUT2D eigenvalue weighted by molar-refractivity contribution is 7.21. The first-order chi connectivity index (χ1) is 15.1. The highest BCUT2D eigenvalue weighted by atomic mass is 32.1. The molecular weight excluding hydrogens is 420 g/mol. The van der Waals surface area contributed by atoms with Crippen molar-refractivity contribution in [3.63, 3.8) is 0 Å². The third-order valence-electron chi connectivity index (χ3n) is 5.06. The van der Waals surface area contributed by atoms with Gasteiger partial charge in [-0.25, -0.2) is 9.97 Å². The van der Waals surface area contributed by atoms with Crippen LogP contribution < -0.4 is 10.2 Å². The monoisotopic (exact) mass is 442 g/mol. The number of carbonyl (C=O) groups is 1. The van der Waals surface area contributed by atoms with Crippen LogP contribution in [0.15, 0.2) is 36.5 Å². The largest absolute Gasteiger partial charge is 0.383 e. The minimum absolute atomic E-state index is 0.123. The lowest BCUT2D eigenvalue weighted by atomic mass is 10.1. The first-order valence-corrected chi connectivity index (χ1v) is 10.7. The van der Waals surface area contributed by atoms with Crippen molar-refractivity contribution in [2.75, 3.05) is 56.7 Å². The van der Waals surface area contributed by atoms with E-state index in [1.54, 1.807) is 30.3 Å². The molecule has 1 aliphatic rings. The number of hydrogen-bond donors (Lipinski definition) is 1. The van der Waals surface area contributed by atoms with Crippen molar-refractivity contribution < 1.29 is 14.5 Å². The molecule has 0 radical (unpaired) electrons.